The summed E-state index contributed by atoms with van der Waals surface area (Å²) in [5.74, 6) is -0.300. The van der Waals surface area contributed by atoms with Gasteiger partial charge in [-0.05, 0) is 68.9 Å². The lowest BCUT2D eigenvalue weighted by atomic mass is 9.92. The summed E-state index contributed by atoms with van der Waals surface area (Å²) in [4.78, 5) is 29.9. The van der Waals surface area contributed by atoms with Gasteiger partial charge >= 0.3 is 0 Å². The molecular weight excluding hydrogens is 460 g/mol. The number of nitrogens with one attached hydrogen (secondary N) is 1. The first-order valence-electron chi connectivity index (χ1n) is 13.7. The normalized spacial score (nSPS) is 20.4. The van der Waals surface area contributed by atoms with Gasteiger partial charge in [0.05, 0.1) is 12.2 Å². The molecule has 1 fully saturated rings. The predicted molar refractivity (Wildman–Crippen MR) is 148 cm³/mol. The number of rotatable bonds is 5. The number of carbonyl (C=O) groups excluding carboxylic acids is 2. The smallest absolute Gasteiger partial charge is 0.277 e. The summed E-state index contributed by atoms with van der Waals surface area (Å²) < 4.78 is 1.74. The topological polar surface area (TPSA) is 67.2 Å². The minimum absolute atomic E-state index is 0.108. The number of aromatic nitrogens is 2. The van der Waals surface area contributed by atoms with Gasteiger partial charge in [0.2, 0.25) is 5.91 Å². The van der Waals surface area contributed by atoms with Crippen LogP contribution in [0.25, 0.3) is 11.3 Å². The molecule has 1 aliphatic heterocycles. The molecular formula is C31H38N4O2. The molecule has 5 rings (SSSR count). The highest BCUT2D eigenvalue weighted by atomic mass is 16.2. The Morgan fingerprint density at radius 3 is 2.41 bits per heavy atom. The maximum absolute atomic E-state index is 14.2. The minimum Gasteiger partial charge on any atom is -0.351 e. The van der Waals surface area contributed by atoms with E-state index in [0.717, 1.165) is 60.2 Å². The third-order valence-electron chi connectivity index (χ3n) is 8.10. The van der Waals surface area contributed by atoms with E-state index >= 15 is 0 Å². The van der Waals surface area contributed by atoms with Gasteiger partial charge in [-0.15, -0.1) is 0 Å². The van der Waals surface area contributed by atoms with Crippen LogP contribution in [0.2, 0.25) is 0 Å². The van der Waals surface area contributed by atoms with Crippen LogP contribution in [-0.4, -0.2) is 33.2 Å². The van der Waals surface area contributed by atoms with E-state index in [2.05, 4.69) is 36.5 Å². The average molecular weight is 499 g/mol. The molecule has 1 N–H and O–H groups in total. The number of carbonyl (C=O) groups is 2. The van der Waals surface area contributed by atoms with E-state index in [1.54, 1.807) is 9.58 Å². The summed E-state index contributed by atoms with van der Waals surface area (Å²) in [5.41, 5.74) is 5.18. The Hall–Kier alpha value is -3.41. The van der Waals surface area contributed by atoms with Crippen molar-refractivity contribution in [3.63, 3.8) is 0 Å². The van der Waals surface area contributed by atoms with Gasteiger partial charge in [-0.25, -0.2) is 0 Å². The Morgan fingerprint density at radius 1 is 1.03 bits per heavy atom. The van der Waals surface area contributed by atoms with E-state index in [1.165, 1.54) is 18.4 Å². The number of fused-ring (bicyclic) bond motifs is 1. The van der Waals surface area contributed by atoms with Crippen molar-refractivity contribution in [3.8, 4) is 11.3 Å². The summed E-state index contributed by atoms with van der Waals surface area (Å²) in [7, 11) is 0. The second-order valence-electron chi connectivity index (χ2n) is 11.0. The molecule has 2 aromatic carbocycles. The average Bonchev–Trinajstić information content (AvgIpc) is 3.14. The first-order valence-corrected chi connectivity index (χ1v) is 13.7. The second-order valence-corrected chi connectivity index (χ2v) is 11.0. The summed E-state index contributed by atoms with van der Waals surface area (Å²) in [6.07, 6.45) is 7.65. The van der Waals surface area contributed by atoms with Crippen molar-refractivity contribution in [2.75, 3.05) is 4.90 Å². The van der Waals surface area contributed by atoms with Crippen LogP contribution in [0, 0.1) is 13.8 Å². The molecule has 6 heteroatoms. The molecule has 3 aromatic rings. The first-order chi connectivity index (χ1) is 17.8. The molecule has 0 unspecified atom stereocenters. The quantitative estimate of drug-likeness (QED) is 0.440. The van der Waals surface area contributed by atoms with E-state index in [9.17, 15) is 9.59 Å². The Morgan fingerprint density at radius 2 is 1.73 bits per heavy atom. The van der Waals surface area contributed by atoms with E-state index in [-0.39, 0.29) is 17.9 Å². The van der Waals surface area contributed by atoms with Crippen molar-refractivity contribution in [1.82, 2.24) is 15.1 Å². The first kappa shape index (κ1) is 25.2. The molecule has 2 amide bonds. The zero-order valence-electron chi connectivity index (χ0n) is 22.5. The highest BCUT2D eigenvalue weighted by molar-refractivity contribution is 6.12. The molecule has 1 aromatic heterocycles. The van der Waals surface area contributed by atoms with Crippen LogP contribution in [0.15, 0.2) is 48.5 Å². The second kappa shape index (κ2) is 10.2. The van der Waals surface area contributed by atoms with Crippen molar-refractivity contribution in [2.45, 2.75) is 90.8 Å². The van der Waals surface area contributed by atoms with Gasteiger partial charge in [0.25, 0.3) is 5.91 Å². The number of amides is 2. The third-order valence-corrected chi connectivity index (χ3v) is 8.10. The van der Waals surface area contributed by atoms with E-state index in [0.29, 0.717) is 12.2 Å². The van der Waals surface area contributed by atoms with Crippen molar-refractivity contribution in [2.24, 2.45) is 0 Å². The lowest BCUT2D eigenvalue weighted by Gasteiger charge is -2.44. The molecule has 6 nitrogen and oxygen atoms in total. The fourth-order valence-corrected chi connectivity index (χ4v) is 5.74. The van der Waals surface area contributed by atoms with Gasteiger partial charge in [0.15, 0.2) is 0 Å². The van der Waals surface area contributed by atoms with Crippen LogP contribution in [-0.2, 0) is 17.8 Å². The Kier molecular flexibility index (Phi) is 6.93. The summed E-state index contributed by atoms with van der Waals surface area (Å²) in [5, 5.41) is 8.16. The fraction of sp³-hybridized carbons (Fsp3) is 0.452. The van der Waals surface area contributed by atoms with E-state index in [4.69, 9.17) is 5.10 Å². The summed E-state index contributed by atoms with van der Waals surface area (Å²) >= 11 is 0. The number of hydrogen-bond acceptors (Lipinski definition) is 3. The van der Waals surface area contributed by atoms with Crippen molar-refractivity contribution < 1.29 is 9.59 Å². The molecule has 37 heavy (non-hydrogen) atoms. The SMILES string of the molecule is CCc1ccc(-c2cc3n(n2)C[C@](C)(C(=O)NC2CCCCCC2)N(c2cc(C)ccc2C)C3=O)cc1. The zero-order valence-corrected chi connectivity index (χ0v) is 22.5. The molecule has 0 bridgehead atoms. The maximum atomic E-state index is 14.2. The highest BCUT2D eigenvalue weighted by Gasteiger charge is 2.49. The summed E-state index contributed by atoms with van der Waals surface area (Å²) in [6, 6.07) is 16.4. The molecule has 2 aliphatic rings. The largest absolute Gasteiger partial charge is 0.351 e. The summed E-state index contributed by atoms with van der Waals surface area (Å²) in [6.45, 7) is 8.33. The van der Waals surface area contributed by atoms with E-state index in [1.807, 2.05) is 45.0 Å². The van der Waals surface area contributed by atoms with Crippen LogP contribution >= 0.6 is 0 Å². The van der Waals surface area contributed by atoms with Gasteiger partial charge in [-0.1, -0.05) is 69.0 Å². The molecule has 2 heterocycles. The molecule has 0 spiro atoms. The minimum atomic E-state index is -1.11. The van der Waals surface area contributed by atoms with Crippen LogP contribution in [0.4, 0.5) is 5.69 Å². The van der Waals surface area contributed by atoms with Crippen molar-refractivity contribution in [1.29, 1.82) is 0 Å². The molecule has 0 saturated heterocycles. The molecule has 194 valence electrons. The lowest BCUT2D eigenvalue weighted by molar-refractivity contribution is -0.127. The zero-order chi connectivity index (χ0) is 26.2. The van der Waals surface area contributed by atoms with Gasteiger partial charge in [-0.2, -0.15) is 5.10 Å². The monoisotopic (exact) mass is 498 g/mol. The lowest BCUT2D eigenvalue weighted by Crippen LogP contribution is -2.65. The Balaban J connectivity index is 1.56. The third kappa shape index (κ3) is 4.81. The van der Waals surface area contributed by atoms with Crippen molar-refractivity contribution >= 4 is 17.5 Å². The number of aryl methyl sites for hydroxylation is 3. The number of nitrogens with zero attached hydrogens (tertiary/aromatic N) is 3. The highest BCUT2D eigenvalue weighted by Crippen LogP contribution is 2.36. The van der Waals surface area contributed by atoms with Crippen LogP contribution in [0.1, 0.15) is 79.6 Å². The number of benzene rings is 2. The van der Waals surface area contributed by atoms with Gasteiger partial charge in [0.1, 0.15) is 11.2 Å². The van der Waals surface area contributed by atoms with E-state index < -0.39 is 5.54 Å². The van der Waals surface area contributed by atoms with Gasteiger partial charge < -0.3 is 5.32 Å². The van der Waals surface area contributed by atoms with Crippen LogP contribution in [0.5, 0.6) is 0 Å². The number of hydrogen-bond donors (Lipinski definition) is 1. The van der Waals surface area contributed by atoms with Crippen LogP contribution < -0.4 is 10.2 Å². The standard InChI is InChI=1S/C31H38N4O2/c1-5-23-14-16-24(17-15-23)26-19-28-29(36)35(27-18-21(2)12-13-22(27)3)31(4,20-34(28)33-26)30(37)32-25-10-8-6-7-9-11-25/h12-19,25H,5-11,20H2,1-4H3,(H,32,37)/t31-/m1/s1. The van der Waals surface area contributed by atoms with Gasteiger partial charge in [0, 0.05) is 17.3 Å². The van der Waals surface area contributed by atoms with Gasteiger partial charge in [-0.3, -0.25) is 19.2 Å². The van der Waals surface area contributed by atoms with Crippen molar-refractivity contribution in [3.05, 3.63) is 70.9 Å². The molecule has 0 radical (unpaired) electrons. The number of anilines is 1. The van der Waals surface area contributed by atoms with Crippen LogP contribution in [0.3, 0.4) is 0 Å². The molecule has 1 saturated carbocycles. The molecule has 1 aliphatic carbocycles. The Bertz CT molecular complexity index is 1300. The maximum Gasteiger partial charge on any atom is 0.277 e. The molecule has 1 atom stereocenters. The fourth-order valence-electron chi connectivity index (χ4n) is 5.74. The Labute approximate surface area is 220 Å². The predicted octanol–water partition coefficient (Wildman–Crippen LogP) is 5.99.